The van der Waals surface area contributed by atoms with E-state index in [1.807, 2.05) is 0 Å². The summed E-state index contributed by atoms with van der Waals surface area (Å²) in [5, 5.41) is 19.8. The Morgan fingerprint density at radius 2 is 2.09 bits per heavy atom. The quantitative estimate of drug-likeness (QED) is 0.803. The first-order valence-electron chi connectivity index (χ1n) is 8.15. The molecule has 1 unspecified atom stereocenters. The average molecular weight is 316 g/mol. The van der Waals surface area contributed by atoms with E-state index in [1.165, 1.54) is 5.57 Å². The summed E-state index contributed by atoms with van der Waals surface area (Å²) in [4.78, 5) is 11.2. The van der Waals surface area contributed by atoms with Crippen LogP contribution in [0.1, 0.15) is 63.5 Å². The lowest BCUT2D eigenvalue weighted by molar-refractivity contribution is -0.138. The maximum atomic E-state index is 11.2. The molecule has 2 aliphatic rings. The zero-order valence-electron chi connectivity index (χ0n) is 14.1. The molecule has 0 saturated carbocycles. The van der Waals surface area contributed by atoms with Crippen molar-refractivity contribution in [3.63, 3.8) is 0 Å². The minimum atomic E-state index is -0.909. The van der Waals surface area contributed by atoms with Gasteiger partial charge in [0.1, 0.15) is 17.1 Å². The zero-order valence-corrected chi connectivity index (χ0v) is 14.1. The van der Waals surface area contributed by atoms with Gasteiger partial charge in [-0.15, -0.1) is 0 Å². The van der Waals surface area contributed by atoms with Crippen LogP contribution in [-0.4, -0.2) is 21.8 Å². The number of ether oxygens (including phenoxy) is 1. The third-order valence-corrected chi connectivity index (χ3v) is 5.40. The summed E-state index contributed by atoms with van der Waals surface area (Å²) >= 11 is 0. The van der Waals surface area contributed by atoms with Crippen LogP contribution in [0.3, 0.4) is 0 Å². The van der Waals surface area contributed by atoms with Crippen molar-refractivity contribution >= 4 is 5.97 Å². The number of aliphatic carboxylic acids is 1. The van der Waals surface area contributed by atoms with Crippen LogP contribution in [0.5, 0.6) is 11.5 Å². The Morgan fingerprint density at radius 3 is 2.74 bits per heavy atom. The number of carboxylic acids is 1. The first-order valence-corrected chi connectivity index (χ1v) is 8.15. The molecule has 0 fully saturated rings. The highest BCUT2D eigenvalue weighted by Gasteiger charge is 2.45. The second-order valence-corrected chi connectivity index (χ2v) is 7.42. The molecule has 1 aliphatic carbocycles. The SMILES string of the molecule is CC1=CC[C@@H]2[C@@H](C1)c1c(O)cc(C(C)C(=O)O)cc1OC2(C)C. The van der Waals surface area contributed by atoms with Crippen LogP contribution in [0.25, 0.3) is 0 Å². The molecule has 0 aromatic heterocycles. The zero-order chi connectivity index (χ0) is 16.9. The monoisotopic (exact) mass is 316 g/mol. The highest BCUT2D eigenvalue weighted by molar-refractivity contribution is 5.76. The number of benzene rings is 1. The topological polar surface area (TPSA) is 66.8 Å². The van der Waals surface area contributed by atoms with E-state index in [0.29, 0.717) is 17.2 Å². The van der Waals surface area contributed by atoms with Gasteiger partial charge in [-0.25, -0.2) is 0 Å². The molecule has 1 aromatic carbocycles. The fourth-order valence-corrected chi connectivity index (χ4v) is 3.98. The molecule has 0 radical (unpaired) electrons. The molecule has 2 N–H and O–H groups in total. The Hall–Kier alpha value is -1.97. The van der Waals surface area contributed by atoms with E-state index >= 15 is 0 Å². The summed E-state index contributed by atoms with van der Waals surface area (Å²) in [6.45, 7) is 7.89. The fourth-order valence-electron chi connectivity index (χ4n) is 3.98. The van der Waals surface area contributed by atoms with Crippen molar-refractivity contribution in [3.05, 3.63) is 34.9 Å². The minimum Gasteiger partial charge on any atom is -0.508 e. The second kappa shape index (κ2) is 5.29. The smallest absolute Gasteiger partial charge is 0.310 e. The number of aromatic hydroxyl groups is 1. The number of hydrogen-bond donors (Lipinski definition) is 2. The van der Waals surface area contributed by atoms with E-state index in [1.54, 1.807) is 19.1 Å². The minimum absolute atomic E-state index is 0.158. The molecule has 1 aliphatic heterocycles. The van der Waals surface area contributed by atoms with Gasteiger partial charge in [-0.3, -0.25) is 4.79 Å². The van der Waals surface area contributed by atoms with Crippen molar-refractivity contribution in [2.45, 2.75) is 58.0 Å². The molecule has 23 heavy (non-hydrogen) atoms. The molecule has 0 spiro atoms. The first kappa shape index (κ1) is 15.9. The van der Waals surface area contributed by atoms with Crippen LogP contribution in [-0.2, 0) is 4.79 Å². The van der Waals surface area contributed by atoms with E-state index in [-0.39, 0.29) is 17.3 Å². The third kappa shape index (κ3) is 2.60. The molecule has 124 valence electrons. The van der Waals surface area contributed by atoms with Crippen LogP contribution in [0, 0.1) is 5.92 Å². The molecule has 3 atom stereocenters. The second-order valence-electron chi connectivity index (χ2n) is 7.42. The number of phenols is 1. The van der Waals surface area contributed by atoms with Crippen LogP contribution in [0.15, 0.2) is 23.8 Å². The first-order chi connectivity index (χ1) is 10.7. The van der Waals surface area contributed by atoms with E-state index < -0.39 is 11.9 Å². The van der Waals surface area contributed by atoms with E-state index in [2.05, 4.69) is 26.8 Å². The van der Waals surface area contributed by atoms with Gasteiger partial charge in [-0.1, -0.05) is 11.6 Å². The lowest BCUT2D eigenvalue weighted by atomic mass is 9.67. The summed E-state index contributed by atoms with van der Waals surface area (Å²) < 4.78 is 6.19. The normalized spacial score (nSPS) is 26.3. The molecule has 3 rings (SSSR count). The van der Waals surface area contributed by atoms with Crippen molar-refractivity contribution < 1.29 is 19.7 Å². The largest absolute Gasteiger partial charge is 0.508 e. The van der Waals surface area contributed by atoms with Gasteiger partial charge in [-0.05, 0) is 58.2 Å². The summed E-state index contributed by atoms with van der Waals surface area (Å²) in [5.74, 6) is -0.266. The van der Waals surface area contributed by atoms with Gasteiger partial charge in [0, 0.05) is 17.4 Å². The van der Waals surface area contributed by atoms with Crippen LogP contribution in [0.2, 0.25) is 0 Å². The summed E-state index contributed by atoms with van der Waals surface area (Å²) in [7, 11) is 0. The van der Waals surface area contributed by atoms with E-state index in [4.69, 9.17) is 4.74 Å². The van der Waals surface area contributed by atoms with Crippen molar-refractivity contribution in [3.8, 4) is 11.5 Å². The molecule has 0 bridgehead atoms. The Morgan fingerprint density at radius 1 is 1.39 bits per heavy atom. The Kier molecular flexibility index (Phi) is 3.66. The maximum Gasteiger partial charge on any atom is 0.310 e. The van der Waals surface area contributed by atoms with Crippen molar-refractivity contribution in [2.75, 3.05) is 0 Å². The van der Waals surface area contributed by atoms with Gasteiger partial charge in [0.05, 0.1) is 5.92 Å². The molecule has 4 nitrogen and oxygen atoms in total. The Labute approximate surface area is 136 Å². The van der Waals surface area contributed by atoms with Gasteiger partial charge >= 0.3 is 5.97 Å². The van der Waals surface area contributed by atoms with Gasteiger partial charge in [-0.2, -0.15) is 0 Å². The molecule has 1 heterocycles. The highest BCUT2D eigenvalue weighted by atomic mass is 16.5. The number of phenolic OH excluding ortho intramolecular Hbond substituents is 1. The van der Waals surface area contributed by atoms with Crippen molar-refractivity contribution in [2.24, 2.45) is 5.92 Å². The summed E-state index contributed by atoms with van der Waals surface area (Å²) in [6, 6.07) is 3.38. The number of hydrogen-bond acceptors (Lipinski definition) is 3. The maximum absolute atomic E-state index is 11.2. The lowest BCUT2D eigenvalue weighted by Gasteiger charge is -2.47. The molecule has 0 amide bonds. The van der Waals surface area contributed by atoms with Crippen molar-refractivity contribution in [1.82, 2.24) is 0 Å². The predicted molar refractivity (Wildman–Crippen MR) is 88.1 cm³/mol. The predicted octanol–water partition coefficient (Wildman–Crippen LogP) is 4.19. The number of allylic oxidation sites excluding steroid dienone is 2. The standard InChI is InChI=1S/C19H24O4/c1-10-5-6-14-13(7-10)17-15(20)8-12(11(2)18(21)22)9-16(17)23-19(14,3)4/h5,8-9,11,13-14,20H,6-7H2,1-4H3,(H,21,22)/t11?,13-,14-/m1/s1. The molecule has 0 saturated heterocycles. The average Bonchev–Trinajstić information content (AvgIpc) is 2.44. The van der Waals surface area contributed by atoms with Gasteiger partial charge in [0.2, 0.25) is 0 Å². The van der Waals surface area contributed by atoms with E-state index in [9.17, 15) is 15.0 Å². The molecular formula is C19H24O4. The number of fused-ring (bicyclic) bond motifs is 3. The van der Waals surface area contributed by atoms with Gasteiger partial charge in [0.15, 0.2) is 0 Å². The Balaban J connectivity index is 2.12. The fraction of sp³-hybridized carbons (Fsp3) is 0.526. The third-order valence-electron chi connectivity index (χ3n) is 5.40. The van der Waals surface area contributed by atoms with Gasteiger partial charge < -0.3 is 14.9 Å². The van der Waals surface area contributed by atoms with Crippen LogP contribution >= 0.6 is 0 Å². The van der Waals surface area contributed by atoms with E-state index in [0.717, 1.165) is 18.4 Å². The number of carboxylic acid groups (broad SMARTS) is 1. The highest BCUT2D eigenvalue weighted by Crippen LogP contribution is 2.54. The van der Waals surface area contributed by atoms with Crippen molar-refractivity contribution in [1.29, 1.82) is 0 Å². The summed E-state index contributed by atoms with van der Waals surface area (Å²) in [6.07, 6.45) is 4.11. The van der Waals surface area contributed by atoms with Gasteiger partial charge in [0.25, 0.3) is 0 Å². The summed E-state index contributed by atoms with van der Waals surface area (Å²) in [5.41, 5.74) is 2.40. The Bertz CT molecular complexity index is 687. The van der Waals surface area contributed by atoms with Crippen LogP contribution < -0.4 is 4.74 Å². The number of carbonyl (C=O) groups is 1. The lowest BCUT2D eigenvalue weighted by Crippen LogP contribution is -2.45. The molecular weight excluding hydrogens is 292 g/mol. The number of rotatable bonds is 2. The molecule has 4 heteroatoms. The van der Waals surface area contributed by atoms with Crippen LogP contribution in [0.4, 0.5) is 0 Å². The molecule has 1 aromatic rings.